The molecule has 7 rings (SSSR count). The second-order valence-corrected chi connectivity index (χ2v) is 10.9. The van der Waals surface area contributed by atoms with Crippen molar-refractivity contribution in [2.75, 3.05) is 7.11 Å². The van der Waals surface area contributed by atoms with Gasteiger partial charge in [-0.1, -0.05) is 101 Å². The fraction of sp³-hybridized carbons (Fsp3) is 0.135. The van der Waals surface area contributed by atoms with Gasteiger partial charge < -0.3 is 4.74 Å². The van der Waals surface area contributed by atoms with Crippen molar-refractivity contribution in [1.29, 1.82) is 0 Å². The van der Waals surface area contributed by atoms with Crippen LogP contribution in [0.1, 0.15) is 22.3 Å². The molecule has 0 fully saturated rings. The Kier molecular flexibility index (Phi) is 5.00. The Hall–Kier alpha value is -4.36. The first kappa shape index (κ1) is 22.8. The van der Waals surface area contributed by atoms with Crippen LogP contribution < -0.4 is 4.74 Å². The monoisotopic (exact) mass is 490 g/mol. The Bertz CT molecular complexity index is 1890. The third-order valence-corrected chi connectivity index (χ3v) is 7.98. The van der Waals surface area contributed by atoms with Crippen LogP contribution in [-0.2, 0) is 0 Å². The van der Waals surface area contributed by atoms with Gasteiger partial charge >= 0.3 is 0 Å². The number of rotatable bonds is 3. The van der Waals surface area contributed by atoms with E-state index in [0.29, 0.717) is 0 Å². The van der Waals surface area contributed by atoms with Gasteiger partial charge in [-0.05, 0) is 106 Å². The van der Waals surface area contributed by atoms with Crippen molar-refractivity contribution in [2.45, 2.75) is 27.7 Å². The Morgan fingerprint density at radius 3 is 1.47 bits per heavy atom. The Morgan fingerprint density at radius 1 is 0.474 bits per heavy atom. The van der Waals surface area contributed by atoms with E-state index in [1.165, 1.54) is 88.3 Å². The van der Waals surface area contributed by atoms with Crippen molar-refractivity contribution in [2.24, 2.45) is 0 Å². The van der Waals surface area contributed by atoms with Crippen LogP contribution in [0.2, 0.25) is 0 Å². The van der Waals surface area contributed by atoms with Crippen LogP contribution in [0.25, 0.3) is 66.1 Å². The zero-order valence-corrected chi connectivity index (χ0v) is 22.6. The topological polar surface area (TPSA) is 9.23 Å². The molecule has 0 unspecified atom stereocenters. The summed E-state index contributed by atoms with van der Waals surface area (Å²) in [7, 11) is 1.76. The smallest absolute Gasteiger partial charge is 0.119 e. The summed E-state index contributed by atoms with van der Waals surface area (Å²) in [5.74, 6) is 0.878. The SMILES string of the molecule is COc1ccc2c(-c3cc(C)cc(C)c3)c3c(c(-c4cc(C)cc(C)c4)c2c1)-c1cccc2cccc-3c12. The molecule has 6 aromatic rings. The van der Waals surface area contributed by atoms with Gasteiger partial charge in [0.1, 0.15) is 5.75 Å². The fourth-order valence-corrected chi connectivity index (χ4v) is 6.73. The maximum atomic E-state index is 5.78. The third kappa shape index (κ3) is 3.32. The normalized spacial score (nSPS) is 11.8. The molecule has 0 N–H and O–H groups in total. The van der Waals surface area contributed by atoms with Crippen molar-refractivity contribution >= 4 is 21.5 Å². The molecule has 0 aromatic heterocycles. The summed E-state index contributed by atoms with van der Waals surface area (Å²) in [6.07, 6.45) is 0. The molecule has 6 aromatic carbocycles. The van der Waals surface area contributed by atoms with Crippen LogP contribution in [0.15, 0.2) is 91.0 Å². The predicted molar refractivity (Wildman–Crippen MR) is 162 cm³/mol. The predicted octanol–water partition coefficient (Wildman–Crippen LogP) is 10.2. The highest BCUT2D eigenvalue weighted by Gasteiger charge is 2.30. The number of hydrogen-bond donors (Lipinski definition) is 0. The summed E-state index contributed by atoms with van der Waals surface area (Å²) in [6, 6.07) is 34.0. The molecule has 1 aliphatic rings. The second-order valence-electron chi connectivity index (χ2n) is 10.9. The first-order valence-corrected chi connectivity index (χ1v) is 13.3. The summed E-state index contributed by atoms with van der Waals surface area (Å²) in [5.41, 5.74) is 15.5. The lowest BCUT2D eigenvalue weighted by Gasteiger charge is -2.22. The van der Waals surface area contributed by atoms with E-state index in [4.69, 9.17) is 4.74 Å². The zero-order valence-electron chi connectivity index (χ0n) is 22.6. The molecule has 1 aliphatic carbocycles. The maximum absolute atomic E-state index is 5.78. The molecule has 0 radical (unpaired) electrons. The molecule has 0 atom stereocenters. The standard InChI is InChI=1S/C37H30O/c1-21-14-22(2)17-26(16-21)34-29-13-12-28(38-5)20-32(29)35(27-18-23(3)15-24(4)19-27)37-31-11-7-9-25-8-6-10-30(33(25)31)36(34)37/h6-20H,1-5H3. The van der Waals surface area contributed by atoms with Crippen molar-refractivity contribution in [1.82, 2.24) is 0 Å². The molecule has 0 saturated heterocycles. The van der Waals surface area contributed by atoms with Crippen LogP contribution >= 0.6 is 0 Å². The van der Waals surface area contributed by atoms with Gasteiger partial charge in [-0.15, -0.1) is 0 Å². The molecular weight excluding hydrogens is 460 g/mol. The summed E-state index contributed by atoms with van der Waals surface area (Å²) in [6.45, 7) is 8.78. The highest BCUT2D eigenvalue weighted by atomic mass is 16.5. The van der Waals surface area contributed by atoms with E-state index in [1.54, 1.807) is 7.11 Å². The summed E-state index contributed by atoms with van der Waals surface area (Å²) in [5, 5.41) is 5.12. The number of benzene rings is 6. The largest absolute Gasteiger partial charge is 0.497 e. The molecule has 0 amide bonds. The summed E-state index contributed by atoms with van der Waals surface area (Å²) >= 11 is 0. The zero-order chi connectivity index (χ0) is 26.1. The molecule has 0 heterocycles. The maximum Gasteiger partial charge on any atom is 0.119 e. The molecule has 0 bridgehead atoms. The van der Waals surface area contributed by atoms with Crippen molar-refractivity contribution in [3.05, 3.63) is 113 Å². The van der Waals surface area contributed by atoms with Crippen LogP contribution in [0.4, 0.5) is 0 Å². The van der Waals surface area contributed by atoms with Gasteiger partial charge in [-0.25, -0.2) is 0 Å². The molecule has 0 saturated carbocycles. The third-order valence-electron chi connectivity index (χ3n) is 7.98. The fourth-order valence-electron chi connectivity index (χ4n) is 6.73. The average molecular weight is 491 g/mol. The number of fused-ring (bicyclic) bond motifs is 4. The average Bonchev–Trinajstić information content (AvgIpc) is 3.21. The van der Waals surface area contributed by atoms with E-state index in [1.807, 2.05) is 0 Å². The minimum Gasteiger partial charge on any atom is -0.497 e. The summed E-state index contributed by atoms with van der Waals surface area (Å²) in [4.78, 5) is 0. The Morgan fingerprint density at radius 2 is 0.974 bits per heavy atom. The first-order chi connectivity index (χ1) is 18.4. The Balaban J connectivity index is 1.77. The molecule has 1 heteroatoms. The van der Waals surface area contributed by atoms with Gasteiger partial charge in [0.15, 0.2) is 0 Å². The van der Waals surface area contributed by atoms with E-state index >= 15 is 0 Å². The van der Waals surface area contributed by atoms with Gasteiger partial charge in [0.05, 0.1) is 7.11 Å². The van der Waals surface area contributed by atoms with Crippen LogP contribution in [0.5, 0.6) is 5.75 Å². The second kappa shape index (κ2) is 8.33. The van der Waals surface area contributed by atoms with E-state index < -0.39 is 0 Å². The number of aryl methyl sites for hydroxylation is 4. The minimum atomic E-state index is 0.878. The van der Waals surface area contributed by atoms with Gasteiger partial charge in [-0.2, -0.15) is 0 Å². The minimum absolute atomic E-state index is 0.878. The molecule has 0 aliphatic heterocycles. The van der Waals surface area contributed by atoms with Gasteiger partial charge in [0.2, 0.25) is 0 Å². The lowest BCUT2D eigenvalue weighted by atomic mass is 9.81. The van der Waals surface area contributed by atoms with Crippen LogP contribution in [0.3, 0.4) is 0 Å². The molecular formula is C37H30O. The van der Waals surface area contributed by atoms with Gasteiger partial charge in [0, 0.05) is 0 Å². The van der Waals surface area contributed by atoms with Gasteiger partial charge in [0.25, 0.3) is 0 Å². The van der Waals surface area contributed by atoms with Crippen LogP contribution in [0, 0.1) is 27.7 Å². The van der Waals surface area contributed by atoms with Crippen molar-refractivity contribution in [3.8, 4) is 50.3 Å². The van der Waals surface area contributed by atoms with E-state index in [-0.39, 0.29) is 0 Å². The van der Waals surface area contributed by atoms with Crippen molar-refractivity contribution in [3.63, 3.8) is 0 Å². The molecule has 0 spiro atoms. The summed E-state index contributed by atoms with van der Waals surface area (Å²) < 4.78 is 5.78. The first-order valence-electron chi connectivity index (χ1n) is 13.3. The number of hydrogen-bond acceptors (Lipinski definition) is 1. The Labute approximate surface area is 224 Å². The molecule has 1 nitrogen and oxygen atoms in total. The number of methoxy groups -OCH3 is 1. The highest BCUT2D eigenvalue weighted by Crippen LogP contribution is 2.58. The lowest BCUT2D eigenvalue weighted by molar-refractivity contribution is 0.415. The molecule has 184 valence electrons. The molecule has 38 heavy (non-hydrogen) atoms. The quantitative estimate of drug-likeness (QED) is 0.239. The van der Waals surface area contributed by atoms with Crippen LogP contribution in [-0.4, -0.2) is 7.11 Å². The number of ether oxygens (including phenoxy) is 1. The highest BCUT2D eigenvalue weighted by molar-refractivity contribution is 6.27. The van der Waals surface area contributed by atoms with Gasteiger partial charge in [-0.3, -0.25) is 0 Å². The lowest BCUT2D eigenvalue weighted by Crippen LogP contribution is -1.96. The van der Waals surface area contributed by atoms with Crippen molar-refractivity contribution < 1.29 is 4.74 Å². The van der Waals surface area contributed by atoms with E-state index in [0.717, 1.165) is 5.75 Å². The van der Waals surface area contributed by atoms with E-state index in [2.05, 4.69) is 119 Å². The van der Waals surface area contributed by atoms with E-state index in [9.17, 15) is 0 Å².